The van der Waals surface area contributed by atoms with Gasteiger partial charge in [-0.15, -0.1) is 0 Å². The van der Waals surface area contributed by atoms with Crippen molar-refractivity contribution in [1.29, 1.82) is 0 Å². The Morgan fingerprint density at radius 1 is 0.865 bits per heavy atom. The first kappa shape index (κ1) is 27.0. The van der Waals surface area contributed by atoms with Gasteiger partial charge in [-0.1, -0.05) is 11.6 Å². The molecule has 2 aliphatic rings. The van der Waals surface area contributed by atoms with Gasteiger partial charge in [-0.05, 0) is 61.4 Å². The van der Waals surface area contributed by atoms with Crippen molar-refractivity contribution in [1.82, 2.24) is 9.21 Å². The summed E-state index contributed by atoms with van der Waals surface area (Å²) in [6.45, 7) is 0.455. The molecule has 37 heavy (non-hydrogen) atoms. The minimum atomic E-state index is -3.63. The van der Waals surface area contributed by atoms with E-state index in [0.29, 0.717) is 47.9 Å². The fourth-order valence-electron chi connectivity index (χ4n) is 4.50. The van der Waals surface area contributed by atoms with Gasteiger partial charge in [0.2, 0.25) is 21.8 Å². The minimum absolute atomic E-state index is 0.126. The van der Waals surface area contributed by atoms with E-state index in [4.69, 9.17) is 11.6 Å². The molecule has 2 fully saturated rings. The largest absolute Gasteiger partial charge is 0.338 e. The molecule has 0 radical (unpaired) electrons. The molecule has 198 valence electrons. The lowest BCUT2D eigenvalue weighted by Gasteiger charge is -2.28. The van der Waals surface area contributed by atoms with Crippen LogP contribution in [-0.2, 0) is 19.6 Å². The van der Waals surface area contributed by atoms with Gasteiger partial charge in [0.05, 0.1) is 18.1 Å². The molecule has 4 rings (SSSR count). The normalized spacial score (nSPS) is 21.0. The molecule has 2 N–H and O–H groups in total. The van der Waals surface area contributed by atoms with E-state index < -0.39 is 39.8 Å². The zero-order valence-electron chi connectivity index (χ0n) is 20.2. The van der Waals surface area contributed by atoms with E-state index >= 15 is 0 Å². The Labute approximate surface area is 220 Å². The van der Waals surface area contributed by atoms with Gasteiger partial charge in [0.1, 0.15) is 6.17 Å². The highest BCUT2D eigenvalue weighted by Gasteiger charge is 2.44. The maximum atomic E-state index is 13.4. The summed E-state index contributed by atoms with van der Waals surface area (Å²) in [6, 6.07) is 12.7. The highest BCUT2D eigenvalue weighted by atomic mass is 35.5. The molecule has 2 atom stereocenters. The molecular weight excluding hydrogens is 523 g/mol. The van der Waals surface area contributed by atoms with Gasteiger partial charge in [0, 0.05) is 48.1 Å². The van der Waals surface area contributed by atoms with Gasteiger partial charge in [0.15, 0.2) is 0 Å². The molecule has 2 aliphatic heterocycles. The van der Waals surface area contributed by atoms with Gasteiger partial charge in [0.25, 0.3) is 5.91 Å². The van der Waals surface area contributed by atoms with Crippen molar-refractivity contribution in [2.75, 3.05) is 43.1 Å². The Kier molecular flexibility index (Phi) is 8.15. The van der Waals surface area contributed by atoms with Crippen molar-refractivity contribution in [2.45, 2.75) is 19.0 Å². The van der Waals surface area contributed by atoms with Crippen LogP contribution in [0.4, 0.5) is 15.8 Å². The highest BCUT2D eigenvalue weighted by Crippen LogP contribution is 2.29. The molecule has 0 unspecified atom stereocenters. The van der Waals surface area contributed by atoms with Crippen LogP contribution in [0.2, 0.25) is 5.02 Å². The van der Waals surface area contributed by atoms with Crippen LogP contribution in [0.3, 0.4) is 0 Å². The summed E-state index contributed by atoms with van der Waals surface area (Å²) < 4.78 is 38.8. The van der Waals surface area contributed by atoms with Crippen molar-refractivity contribution in [3.05, 3.63) is 59.1 Å². The number of sulfonamides is 1. The summed E-state index contributed by atoms with van der Waals surface area (Å²) in [7, 11) is -3.63. The van der Waals surface area contributed by atoms with E-state index in [-0.39, 0.29) is 19.0 Å². The third-order valence-electron chi connectivity index (χ3n) is 6.65. The Hall–Kier alpha value is -3.02. The van der Waals surface area contributed by atoms with Crippen LogP contribution in [-0.4, -0.2) is 74.0 Å². The lowest BCUT2D eigenvalue weighted by atomic mass is 9.94. The van der Waals surface area contributed by atoms with Crippen LogP contribution in [0.15, 0.2) is 48.5 Å². The second kappa shape index (κ2) is 11.2. The number of rotatable bonds is 6. The summed E-state index contributed by atoms with van der Waals surface area (Å²) >= 11 is 5.88. The number of likely N-dealkylation sites (tertiary alicyclic amines) is 1. The standard InChI is InChI=1S/C25H28ClFN4O5S/c1-37(35,36)31-14-21(22(15-31)24(33)29-20-8-4-17(26)5-9-20)23(32)28-19-6-2-16(3-7-19)25(34)30-12-10-18(27)11-13-30/h2-9,18,21-22H,10-15H2,1H3,(H,28,32)(H,29,33)/t21-,22-/m0/s1. The fourth-order valence-corrected chi connectivity index (χ4v) is 5.49. The maximum absolute atomic E-state index is 13.4. The number of halogens is 2. The second-order valence-corrected chi connectivity index (χ2v) is 11.7. The number of hydrogen-bond donors (Lipinski definition) is 2. The zero-order valence-corrected chi connectivity index (χ0v) is 21.8. The predicted octanol–water partition coefficient (Wildman–Crippen LogP) is 3.00. The van der Waals surface area contributed by atoms with E-state index in [1.807, 2.05) is 0 Å². The zero-order chi connectivity index (χ0) is 26.7. The average molecular weight is 551 g/mol. The van der Waals surface area contributed by atoms with Crippen molar-refractivity contribution in [3.63, 3.8) is 0 Å². The number of amides is 3. The summed E-state index contributed by atoms with van der Waals surface area (Å²) in [6.07, 6.45) is 0.789. The smallest absolute Gasteiger partial charge is 0.253 e. The van der Waals surface area contributed by atoms with E-state index in [1.165, 1.54) is 0 Å². The molecular formula is C25H28ClFN4O5S. The van der Waals surface area contributed by atoms with Gasteiger partial charge in [-0.2, -0.15) is 0 Å². The first-order valence-corrected chi connectivity index (χ1v) is 14.1. The molecule has 9 nitrogen and oxygen atoms in total. The number of carbonyl (C=O) groups is 3. The number of benzene rings is 2. The van der Waals surface area contributed by atoms with Gasteiger partial charge in [-0.25, -0.2) is 17.1 Å². The lowest BCUT2D eigenvalue weighted by Crippen LogP contribution is -2.39. The lowest BCUT2D eigenvalue weighted by molar-refractivity contribution is -0.127. The molecule has 0 saturated carbocycles. The molecule has 2 aromatic carbocycles. The quantitative estimate of drug-likeness (QED) is 0.573. The van der Waals surface area contributed by atoms with Crippen molar-refractivity contribution in [3.8, 4) is 0 Å². The van der Waals surface area contributed by atoms with Crippen LogP contribution in [0.25, 0.3) is 0 Å². The maximum Gasteiger partial charge on any atom is 0.253 e. The van der Waals surface area contributed by atoms with E-state index in [1.54, 1.807) is 53.4 Å². The highest BCUT2D eigenvalue weighted by molar-refractivity contribution is 7.88. The first-order chi connectivity index (χ1) is 17.5. The number of nitrogens with zero attached hydrogens (tertiary/aromatic N) is 2. The topological polar surface area (TPSA) is 116 Å². The average Bonchev–Trinajstić information content (AvgIpc) is 3.33. The van der Waals surface area contributed by atoms with E-state index in [2.05, 4.69) is 10.6 Å². The molecule has 0 aliphatic carbocycles. The molecule has 3 amide bonds. The monoisotopic (exact) mass is 550 g/mol. The molecule has 0 spiro atoms. The summed E-state index contributed by atoms with van der Waals surface area (Å²) in [4.78, 5) is 40.4. The third-order valence-corrected chi connectivity index (χ3v) is 8.14. The second-order valence-electron chi connectivity index (χ2n) is 9.32. The third kappa shape index (κ3) is 6.65. The predicted molar refractivity (Wildman–Crippen MR) is 139 cm³/mol. The Balaban J connectivity index is 1.44. The number of nitrogens with one attached hydrogen (secondary N) is 2. The van der Waals surface area contributed by atoms with Crippen LogP contribution in [0.1, 0.15) is 23.2 Å². The molecule has 0 bridgehead atoms. The summed E-state index contributed by atoms with van der Waals surface area (Å²) in [5, 5.41) is 5.95. The Bertz CT molecular complexity index is 1260. The number of piperidine rings is 1. The number of alkyl halides is 1. The van der Waals surface area contributed by atoms with Gasteiger partial charge >= 0.3 is 0 Å². The van der Waals surface area contributed by atoms with Crippen molar-refractivity contribution in [2.24, 2.45) is 11.8 Å². The van der Waals surface area contributed by atoms with Crippen molar-refractivity contribution >= 4 is 50.7 Å². The molecule has 0 aromatic heterocycles. The van der Waals surface area contributed by atoms with Crippen LogP contribution >= 0.6 is 11.6 Å². The van der Waals surface area contributed by atoms with Crippen molar-refractivity contribution < 1.29 is 27.2 Å². The number of anilines is 2. The SMILES string of the molecule is CS(=O)(=O)N1C[C@H](C(=O)Nc2ccc(Cl)cc2)[C@@H](C(=O)Nc2ccc(C(=O)N3CCC(F)CC3)cc2)C1. The number of carbonyl (C=O) groups excluding carboxylic acids is 3. The minimum Gasteiger partial charge on any atom is -0.338 e. The van der Waals surface area contributed by atoms with Crippen LogP contribution in [0, 0.1) is 11.8 Å². The Morgan fingerprint density at radius 3 is 1.78 bits per heavy atom. The molecule has 2 saturated heterocycles. The first-order valence-electron chi connectivity index (χ1n) is 11.9. The molecule has 2 aromatic rings. The molecule has 12 heteroatoms. The van der Waals surface area contributed by atoms with Gasteiger partial charge < -0.3 is 15.5 Å². The number of hydrogen-bond acceptors (Lipinski definition) is 5. The van der Waals surface area contributed by atoms with E-state index in [9.17, 15) is 27.2 Å². The summed E-state index contributed by atoms with van der Waals surface area (Å²) in [5.74, 6) is -3.03. The fraction of sp³-hybridized carbons (Fsp3) is 0.400. The van der Waals surface area contributed by atoms with Gasteiger partial charge in [-0.3, -0.25) is 14.4 Å². The van der Waals surface area contributed by atoms with Crippen LogP contribution < -0.4 is 10.6 Å². The Morgan fingerprint density at radius 2 is 1.32 bits per heavy atom. The molecule has 2 heterocycles. The van der Waals surface area contributed by atoms with E-state index in [0.717, 1.165) is 10.6 Å². The summed E-state index contributed by atoms with van der Waals surface area (Å²) in [5.41, 5.74) is 1.29. The van der Waals surface area contributed by atoms with Crippen LogP contribution in [0.5, 0.6) is 0 Å².